The molecule has 2 aromatic rings. The zero-order valence-corrected chi connectivity index (χ0v) is 20.6. The van der Waals surface area contributed by atoms with Crippen LogP contribution in [-0.2, 0) is 4.79 Å². The van der Waals surface area contributed by atoms with Gasteiger partial charge in [-0.2, -0.15) is 0 Å². The smallest absolute Gasteiger partial charge is 0.253 e. The fourth-order valence-electron chi connectivity index (χ4n) is 3.99. The van der Waals surface area contributed by atoms with Gasteiger partial charge in [-0.05, 0) is 73.2 Å². The number of hydrogen-bond acceptors (Lipinski definition) is 4. The second-order valence-corrected chi connectivity index (χ2v) is 9.39. The highest BCUT2D eigenvalue weighted by atomic mass is 35.5. The number of benzene rings is 2. The van der Waals surface area contributed by atoms with Crippen molar-refractivity contribution in [1.82, 2.24) is 15.5 Å². The molecule has 3 rings (SSSR count). The third kappa shape index (κ3) is 6.73. The summed E-state index contributed by atoms with van der Waals surface area (Å²) in [5, 5.41) is 6.47. The topological polar surface area (TPSA) is 87.7 Å². The van der Waals surface area contributed by atoms with Gasteiger partial charge >= 0.3 is 0 Å². The first-order valence-corrected chi connectivity index (χ1v) is 11.9. The molecule has 1 aliphatic rings. The number of ether oxygens (including phenoxy) is 1. The van der Waals surface area contributed by atoms with Crippen LogP contribution >= 0.6 is 11.6 Å². The molecule has 0 saturated carbocycles. The standard InChI is InChI=1S/C26H32ClN3O4/c1-17(2)16-28-25(32)23(29-24(31)19-6-10-22(34-3)11-7-19)18-12-14-30(15-13-18)26(33)20-4-8-21(27)9-5-20/h4-11,17-18,23H,12-16H2,1-3H3,(H,28,32)(H,29,31). The summed E-state index contributed by atoms with van der Waals surface area (Å²) in [4.78, 5) is 40.6. The minimum absolute atomic E-state index is 0.0572. The number of amides is 3. The first kappa shape index (κ1) is 25.6. The minimum atomic E-state index is -0.680. The summed E-state index contributed by atoms with van der Waals surface area (Å²) in [5.41, 5.74) is 1.04. The lowest BCUT2D eigenvalue weighted by Gasteiger charge is -2.36. The van der Waals surface area contributed by atoms with Gasteiger partial charge in [-0.25, -0.2) is 0 Å². The average Bonchev–Trinajstić information content (AvgIpc) is 2.86. The van der Waals surface area contributed by atoms with Crippen LogP contribution in [0, 0.1) is 11.8 Å². The van der Waals surface area contributed by atoms with E-state index in [1.54, 1.807) is 60.5 Å². The van der Waals surface area contributed by atoms with E-state index in [1.807, 2.05) is 13.8 Å². The predicted molar refractivity (Wildman–Crippen MR) is 132 cm³/mol. The molecular weight excluding hydrogens is 454 g/mol. The van der Waals surface area contributed by atoms with Crippen LogP contribution in [0.2, 0.25) is 5.02 Å². The number of methoxy groups -OCH3 is 1. The second kappa shape index (κ2) is 11.9. The molecule has 0 radical (unpaired) electrons. The van der Waals surface area contributed by atoms with Crippen LogP contribution in [0.4, 0.5) is 0 Å². The number of carbonyl (C=O) groups is 3. The summed E-state index contributed by atoms with van der Waals surface area (Å²) in [7, 11) is 1.56. The molecule has 3 amide bonds. The molecule has 1 atom stereocenters. The predicted octanol–water partition coefficient (Wildman–Crippen LogP) is 3.77. The molecule has 0 aliphatic carbocycles. The van der Waals surface area contributed by atoms with Crippen LogP contribution in [0.3, 0.4) is 0 Å². The van der Waals surface area contributed by atoms with E-state index >= 15 is 0 Å². The Balaban J connectivity index is 1.68. The zero-order valence-electron chi connectivity index (χ0n) is 19.8. The van der Waals surface area contributed by atoms with Gasteiger partial charge in [0.05, 0.1) is 7.11 Å². The maximum absolute atomic E-state index is 13.0. The third-order valence-corrected chi connectivity index (χ3v) is 6.25. The monoisotopic (exact) mass is 485 g/mol. The number of piperidine rings is 1. The first-order chi connectivity index (χ1) is 16.3. The summed E-state index contributed by atoms with van der Waals surface area (Å²) in [6.45, 7) is 5.59. The van der Waals surface area contributed by atoms with Crippen molar-refractivity contribution >= 4 is 29.3 Å². The number of rotatable bonds is 8. The van der Waals surface area contributed by atoms with Crippen LogP contribution in [0.1, 0.15) is 47.4 Å². The molecule has 2 N–H and O–H groups in total. The normalized spacial score (nSPS) is 15.0. The molecule has 0 spiro atoms. The average molecular weight is 486 g/mol. The van der Waals surface area contributed by atoms with Crippen LogP contribution in [0.15, 0.2) is 48.5 Å². The molecule has 182 valence electrons. The Labute approximate surface area is 205 Å². The molecule has 2 aromatic carbocycles. The van der Waals surface area contributed by atoms with Crippen molar-refractivity contribution in [2.75, 3.05) is 26.7 Å². The number of halogens is 1. The van der Waals surface area contributed by atoms with Gasteiger partial charge in [0.15, 0.2) is 0 Å². The Bertz CT molecular complexity index is 984. The molecule has 1 unspecified atom stereocenters. The van der Waals surface area contributed by atoms with Crippen molar-refractivity contribution in [3.8, 4) is 5.75 Å². The van der Waals surface area contributed by atoms with Gasteiger partial charge in [0.2, 0.25) is 5.91 Å². The SMILES string of the molecule is COc1ccc(C(=O)NC(C(=O)NCC(C)C)C2CCN(C(=O)c3ccc(Cl)cc3)CC2)cc1. The molecule has 0 bridgehead atoms. The van der Waals surface area contributed by atoms with Gasteiger partial charge in [-0.15, -0.1) is 0 Å². The van der Waals surface area contributed by atoms with Gasteiger partial charge in [0.1, 0.15) is 11.8 Å². The first-order valence-electron chi connectivity index (χ1n) is 11.6. The van der Waals surface area contributed by atoms with Gasteiger partial charge in [0.25, 0.3) is 11.8 Å². The molecule has 1 heterocycles. The van der Waals surface area contributed by atoms with Gasteiger partial charge in [-0.1, -0.05) is 25.4 Å². The van der Waals surface area contributed by atoms with Crippen molar-refractivity contribution in [2.45, 2.75) is 32.7 Å². The lowest BCUT2D eigenvalue weighted by Crippen LogP contribution is -2.54. The maximum atomic E-state index is 13.0. The van der Waals surface area contributed by atoms with E-state index in [4.69, 9.17) is 16.3 Å². The van der Waals surface area contributed by atoms with Gasteiger partial charge in [0, 0.05) is 35.8 Å². The number of nitrogens with zero attached hydrogens (tertiary/aromatic N) is 1. The van der Waals surface area contributed by atoms with Gasteiger partial charge < -0.3 is 20.3 Å². The summed E-state index contributed by atoms with van der Waals surface area (Å²) < 4.78 is 5.15. The van der Waals surface area contributed by atoms with Crippen LogP contribution < -0.4 is 15.4 Å². The summed E-state index contributed by atoms with van der Waals surface area (Å²) in [6, 6.07) is 12.9. The van der Waals surface area contributed by atoms with Crippen molar-refractivity contribution in [2.24, 2.45) is 11.8 Å². The zero-order chi connectivity index (χ0) is 24.7. The Morgan fingerprint density at radius 2 is 1.59 bits per heavy atom. The summed E-state index contributed by atoms with van der Waals surface area (Å²) >= 11 is 5.93. The van der Waals surface area contributed by atoms with Gasteiger partial charge in [-0.3, -0.25) is 14.4 Å². The lowest BCUT2D eigenvalue weighted by atomic mass is 9.88. The Hall–Kier alpha value is -3.06. The molecule has 8 heteroatoms. The molecule has 1 fully saturated rings. The number of carbonyl (C=O) groups excluding carboxylic acids is 3. The quantitative estimate of drug-likeness (QED) is 0.595. The van der Waals surface area contributed by atoms with E-state index in [9.17, 15) is 14.4 Å². The van der Waals surface area contributed by atoms with E-state index in [2.05, 4.69) is 10.6 Å². The van der Waals surface area contributed by atoms with E-state index in [1.165, 1.54) is 0 Å². The maximum Gasteiger partial charge on any atom is 0.253 e. The fourth-order valence-corrected chi connectivity index (χ4v) is 4.12. The third-order valence-electron chi connectivity index (χ3n) is 6.00. The minimum Gasteiger partial charge on any atom is -0.497 e. The van der Waals surface area contributed by atoms with Crippen molar-refractivity contribution in [1.29, 1.82) is 0 Å². The highest BCUT2D eigenvalue weighted by Crippen LogP contribution is 2.24. The van der Waals surface area contributed by atoms with E-state index in [0.717, 1.165) is 0 Å². The lowest BCUT2D eigenvalue weighted by molar-refractivity contribution is -0.124. The van der Waals surface area contributed by atoms with E-state index in [-0.39, 0.29) is 23.6 Å². The summed E-state index contributed by atoms with van der Waals surface area (Å²) in [5.74, 6) is 0.299. The summed E-state index contributed by atoms with van der Waals surface area (Å²) in [6.07, 6.45) is 1.23. The molecular formula is C26H32ClN3O4. The number of likely N-dealkylation sites (tertiary alicyclic amines) is 1. The van der Waals surface area contributed by atoms with Crippen LogP contribution in [0.5, 0.6) is 5.75 Å². The van der Waals surface area contributed by atoms with E-state index < -0.39 is 6.04 Å². The Kier molecular flexibility index (Phi) is 8.93. The van der Waals surface area contributed by atoms with Crippen molar-refractivity contribution < 1.29 is 19.1 Å². The number of nitrogens with one attached hydrogen (secondary N) is 2. The Morgan fingerprint density at radius 1 is 1.00 bits per heavy atom. The molecule has 34 heavy (non-hydrogen) atoms. The molecule has 0 aromatic heterocycles. The van der Waals surface area contributed by atoms with E-state index in [0.29, 0.717) is 60.3 Å². The highest BCUT2D eigenvalue weighted by Gasteiger charge is 2.34. The van der Waals surface area contributed by atoms with Crippen molar-refractivity contribution in [3.05, 3.63) is 64.7 Å². The van der Waals surface area contributed by atoms with Crippen molar-refractivity contribution in [3.63, 3.8) is 0 Å². The highest BCUT2D eigenvalue weighted by molar-refractivity contribution is 6.30. The van der Waals surface area contributed by atoms with Crippen LogP contribution in [-0.4, -0.2) is 55.4 Å². The largest absolute Gasteiger partial charge is 0.497 e. The Morgan fingerprint density at radius 3 is 2.15 bits per heavy atom. The molecule has 1 saturated heterocycles. The molecule has 1 aliphatic heterocycles. The number of hydrogen-bond donors (Lipinski definition) is 2. The molecule has 7 nitrogen and oxygen atoms in total. The fraction of sp³-hybridized carbons (Fsp3) is 0.423. The van der Waals surface area contributed by atoms with Crippen LogP contribution in [0.25, 0.3) is 0 Å². The second-order valence-electron chi connectivity index (χ2n) is 8.96.